The zero-order valence-corrected chi connectivity index (χ0v) is 10.3. The molecule has 16 heavy (non-hydrogen) atoms. The van der Waals surface area contributed by atoms with Crippen molar-refractivity contribution >= 4 is 23.2 Å². The van der Waals surface area contributed by atoms with Gasteiger partial charge in [0.15, 0.2) is 0 Å². The van der Waals surface area contributed by atoms with Crippen molar-refractivity contribution in [1.29, 1.82) is 0 Å². The van der Waals surface area contributed by atoms with E-state index in [1.54, 1.807) is 25.3 Å². The van der Waals surface area contributed by atoms with Gasteiger partial charge >= 0.3 is 5.97 Å². The Hall–Kier alpha value is -1.36. The zero-order valence-electron chi connectivity index (χ0n) is 9.43. The maximum atomic E-state index is 11.7. The van der Waals surface area contributed by atoms with Gasteiger partial charge in [-0.2, -0.15) is 11.3 Å². The first-order valence-corrected chi connectivity index (χ1v) is 5.98. The van der Waals surface area contributed by atoms with Crippen LogP contribution in [0.2, 0.25) is 0 Å². The van der Waals surface area contributed by atoms with Gasteiger partial charge in [0, 0.05) is 7.05 Å². The SMILES string of the molecule is CCOC(=O)CN(C)C(=O)Cc1ccsc1. The third kappa shape index (κ3) is 4.02. The Bertz CT molecular complexity index is 348. The number of carbonyl (C=O) groups is 2. The molecular weight excluding hydrogens is 226 g/mol. The summed E-state index contributed by atoms with van der Waals surface area (Å²) in [6.07, 6.45) is 0.333. The fourth-order valence-electron chi connectivity index (χ4n) is 1.19. The summed E-state index contributed by atoms with van der Waals surface area (Å²) >= 11 is 1.55. The number of amides is 1. The van der Waals surface area contributed by atoms with Crippen LogP contribution < -0.4 is 0 Å². The van der Waals surface area contributed by atoms with Crippen LogP contribution in [-0.2, 0) is 20.7 Å². The molecule has 1 rings (SSSR count). The quantitative estimate of drug-likeness (QED) is 0.730. The Morgan fingerprint density at radius 3 is 2.81 bits per heavy atom. The second kappa shape index (κ2) is 6.27. The largest absolute Gasteiger partial charge is 0.465 e. The van der Waals surface area contributed by atoms with Gasteiger partial charge in [-0.3, -0.25) is 9.59 Å². The van der Waals surface area contributed by atoms with Crippen LogP contribution in [0, 0.1) is 0 Å². The average molecular weight is 241 g/mol. The first-order chi connectivity index (χ1) is 7.63. The zero-order chi connectivity index (χ0) is 12.0. The molecule has 0 aliphatic carbocycles. The van der Waals surface area contributed by atoms with Crippen molar-refractivity contribution in [3.63, 3.8) is 0 Å². The van der Waals surface area contributed by atoms with E-state index in [1.165, 1.54) is 4.90 Å². The lowest BCUT2D eigenvalue weighted by Gasteiger charge is -2.15. The number of thiophene rings is 1. The monoisotopic (exact) mass is 241 g/mol. The lowest BCUT2D eigenvalue weighted by atomic mass is 10.2. The number of ether oxygens (including phenoxy) is 1. The van der Waals surface area contributed by atoms with Crippen LogP contribution in [0.1, 0.15) is 12.5 Å². The summed E-state index contributed by atoms with van der Waals surface area (Å²) in [4.78, 5) is 24.2. The highest BCUT2D eigenvalue weighted by Crippen LogP contribution is 2.07. The molecule has 0 bridgehead atoms. The molecule has 0 unspecified atom stereocenters. The van der Waals surface area contributed by atoms with Gasteiger partial charge in [-0.05, 0) is 29.3 Å². The van der Waals surface area contributed by atoms with Crippen molar-refractivity contribution in [1.82, 2.24) is 4.90 Å². The van der Waals surface area contributed by atoms with E-state index in [9.17, 15) is 9.59 Å². The molecule has 0 N–H and O–H groups in total. The summed E-state index contributed by atoms with van der Waals surface area (Å²) in [5.41, 5.74) is 0.978. The molecule has 0 saturated carbocycles. The number of likely N-dealkylation sites (N-methyl/N-ethyl adjacent to an activating group) is 1. The Labute approximate surface area is 98.8 Å². The molecule has 0 spiro atoms. The van der Waals surface area contributed by atoms with Gasteiger partial charge in [0.1, 0.15) is 6.54 Å². The lowest BCUT2D eigenvalue weighted by molar-refractivity contribution is -0.147. The highest BCUT2D eigenvalue weighted by atomic mass is 32.1. The minimum Gasteiger partial charge on any atom is -0.465 e. The highest BCUT2D eigenvalue weighted by Gasteiger charge is 2.13. The first kappa shape index (κ1) is 12.7. The third-order valence-corrected chi connectivity index (χ3v) is 2.76. The van der Waals surface area contributed by atoms with Gasteiger partial charge in [-0.15, -0.1) is 0 Å². The van der Waals surface area contributed by atoms with Crippen molar-refractivity contribution in [2.75, 3.05) is 20.2 Å². The molecule has 1 heterocycles. The number of nitrogens with zero attached hydrogens (tertiary/aromatic N) is 1. The Kier molecular flexibility index (Phi) is 4.98. The summed E-state index contributed by atoms with van der Waals surface area (Å²) in [5, 5.41) is 3.85. The molecule has 0 aromatic carbocycles. The minimum absolute atomic E-state index is 0.0107. The number of esters is 1. The minimum atomic E-state index is -0.372. The Morgan fingerprint density at radius 1 is 1.50 bits per heavy atom. The predicted molar refractivity (Wildman–Crippen MR) is 62.3 cm³/mol. The van der Waals surface area contributed by atoms with E-state index in [1.807, 2.05) is 16.8 Å². The molecule has 0 fully saturated rings. The summed E-state index contributed by atoms with van der Waals surface area (Å²) < 4.78 is 4.77. The fourth-order valence-corrected chi connectivity index (χ4v) is 1.86. The van der Waals surface area contributed by atoms with Gasteiger partial charge in [0.05, 0.1) is 13.0 Å². The van der Waals surface area contributed by atoms with E-state index < -0.39 is 0 Å². The standard InChI is InChI=1S/C11H15NO3S/c1-3-15-11(14)7-12(2)10(13)6-9-4-5-16-8-9/h4-5,8H,3,6-7H2,1-2H3. The molecule has 0 aliphatic heterocycles. The van der Waals surface area contributed by atoms with Crippen LogP contribution in [0.4, 0.5) is 0 Å². The number of rotatable bonds is 5. The van der Waals surface area contributed by atoms with E-state index in [0.717, 1.165) is 5.56 Å². The summed E-state index contributed by atoms with van der Waals surface area (Å²) in [7, 11) is 1.60. The van der Waals surface area contributed by atoms with Crippen molar-refractivity contribution < 1.29 is 14.3 Å². The average Bonchev–Trinajstić information content (AvgIpc) is 2.70. The van der Waals surface area contributed by atoms with E-state index in [4.69, 9.17) is 4.74 Å². The molecule has 0 radical (unpaired) electrons. The molecule has 1 aromatic heterocycles. The maximum absolute atomic E-state index is 11.7. The lowest BCUT2D eigenvalue weighted by Crippen LogP contribution is -2.34. The molecule has 1 aromatic rings. The van der Waals surface area contributed by atoms with Crippen LogP contribution >= 0.6 is 11.3 Å². The topological polar surface area (TPSA) is 46.6 Å². The second-order valence-corrected chi connectivity index (χ2v) is 4.14. The molecule has 0 aliphatic rings. The van der Waals surface area contributed by atoms with Crippen molar-refractivity contribution in [3.8, 4) is 0 Å². The van der Waals surface area contributed by atoms with E-state index in [2.05, 4.69) is 0 Å². The van der Waals surface area contributed by atoms with Crippen LogP contribution in [0.3, 0.4) is 0 Å². The summed E-state index contributed by atoms with van der Waals surface area (Å²) in [5.74, 6) is -0.449. The van der Waals surface area contributed by atoms with Gasteiger partial charge in [-0.1, -0.05) is 0 Å². The van der Waals surface area contributed by atoms with Crippen molar-refractivity contribution in [3.05, 3.63) is 22.4 Å². The smallest absolute Gasteiger partial charge is 0.325 e. The normalized spacial score (nSPS) is 9.88. The molecule has 4 nitrogen and oxygen atoms in total. The van der Waals surface area contributed by atoms with Gasteiger partial charge in [0.2, 0.25) is 5.91 Å². The van der Waals surface area contributed by atoms with E-state index in [-0.39, 0.29) is 18.4 Å². The van der Waals surface area contributed by atoms with Gasteiger partial charge in [-0.25, -0.2) is 0 Å². The predicted octanol–water partition coefficient (Wildman–Crippen LogP) is 1.31. The molecule has 0 atom stereocenters. The molecule has 0 saturated heterocycles. The second-order valence-electron chi connectivity index (χ2n) is 3.36. The van der Waals surface area contributed by atoms with Gasteiger partial charge < -0.3 is 9.64 Å². The van der Waals surface area contributed by atoms with Crippen LogP contribution in [0.25, 0.3) is 0 Å². The summed E-state index contributed by atoms with van der Waals surface area (Å²) in [6.45, 7) is 2.09. The third-order valence-electron chi connectivity index (χ3n) is 2.03. The van der Waals surface area contributed by atoms with Crippen LogP contribution in [0.15, 0.2) is 16.8 Å². The van der Waals surface area contributed by atoms with E-state index >= 15 is 0 Å². The first-order valence-electron chi connectivity index (χ1n) is 5.04. The van der Waals surface area contributed by atoms with Crippen molar-refractivity contribution in [2.45, 2.75) is 13.3 Å². The Balaban J connectivity index is 2.39. The molecule has 1 amide bonds. The number of hydrogen-bond donors (Lipinski definition) is 0. The molecule has 5 heteroatoms. The van der Waals surface area contributed by atoms with Gasteiger partial charge in [0.25, 0.3) is 0 Å². The highest BCUT2D eigenvalue weighted by molar-refractivity contribution is 7.07. The summed E-state index contributed by atoms with van der Waals surface area (Å²) in [6, 6.07) is 1.90. The number of hydrogen-bond acceptors (Lipinski definition) is 4. The van der Waals surface area contributed by atoms with E-state index in [0.29, 0.717) is 13.0 Å². The van der Waals surface area contributed by atoms with Crippen molar-refractivity contribution in [2.24, 2.45) is 0 Å². The van der Waals surface area contributed by atoms with Crippen LogP contribution in [0.5, 0.6) is 0 Å². The fraction of sp³-hybridized carbons (Fsp3) is 0.455. The molecular formula is C11H15NO3S. The molecule has 88 valence electrons. The number of carbonyl (C=O) groups excluding carboxylic acids is 2. The maximum Gasteiger partial charge on any atom is 0.325 e. The Morgan fingerprint density at radius 2 is 2.25 bits per heavy atom. The van der Waals surface area contributed by atoms with Crippen LogP contribution in [-0.4, -0.2) is 37.0 Å².